The third-order valence-corrected chi connectivity index (χ3v) is 7.02. The van der Waals surface area contributed by atoms with Crippen molar-refractivity contribution in [1.82, 2.24) is 24.6 Å². The Morgan fingerprint density at radius 1 is 1.24 bits per heavy atom. The van der Waals surface area contributed by atoms with Crippen LogP contribution in [0.4, 0.5) is 5.82 Å². The summed E-state index contributed by atoms with van der Waals surface area (Å²) in [4.78, 5) is 26.2. The summed E-state index contributed by atoms with van der Waals surface area (Å²) in [6.07, 6.45) is 5.51. The van der Waals surface area contributed by atoms with Crippen LogP contribution in [0.25, 0.3) is 28.2 Å². The lowest BCUT2D eigenvalue weighted by Crippen LogP contribution is -2.37. The number of nitrogens with zero attached hydrogens (tertiary/aromatic N) is 5. The smallest absolute Gasteiger partial charge is 0.165 e. The predicted octanol–water partition coefficient (Wildman–Crippen LogP) is 3.08. The molecule has 10 heteroatoms. The molecule has 0 amide bonds. The van der Waals surface area contributed by atoms with Crippen LogP contribution >= 0.6 is 11.3 Å². The van der Waals surface area contributed by atoms with E-state index < -0.39 is 5.60 Å². The minimum absolute atomic E-state index is 0.0454. The minimum Gasteiger partial charge on any atom is -0.393 e. The molecule has 4 aromatic rings. The average molecular weight is 465 g/mol. The Labute approximate surface area is 194 Å². The van der Waals surface area contributed by atoms with Crippen molar-refractivity contribution in [3.8, 4) is 22.5 Å². The molecule has 0 saturated heterocycles. The topological polar surface area (TPSA) is 140 Å². The number of ketones is 1. The van der Waals surface area contributed by atoms with Gasteiger partial charge in [-0.05, 0) is 38.7 Å². The van der Waals surface area contributed by atoms with Gasteiger partial charge in [-0.25, -0.2) is 9.97 Å². The molecule has 4 N–H and O–H groups in total. The SMILES string of the molecule is CC(=O)c1c(C2CCC(O)(CO)CC2)nc2c(-c3ccc(-c4cscn4)nc3)cnn2c1N. The van der Waals surface area contributed by atoms with Gasteiger partial charge in [-0.3, -0.25) is 9.78 Å². The van der Waals surface area contributed by atoms with E-state index >= 15 is 0 Å². The monoisotopic (exact) mass is 464 g/mol. The maximum atomic E-state index is 12.5. The van der Waals surface area contributed by atoms with E-state index in [1.807, 2.05) is 17.5 Å². The van der Waals surface area contributed by atoms with Crippen LogP contribution < -0.4 is 5.73 Å². The molecule has 0 radical (unpaired) electrons. The molecule has 0 unspecified atom stereocenters. The molecule has 1 aliphatic rings. The number of anilines is 1. The van der Waals surface area contributed by atoms with Crippen LogP contribution in [-0.2, 0) is 0 Å². The normalized spacial score (nSPS) is 20.9. The van der Waals surface area contributed by atoms with Crippen molar-refractivity contribution in [3.05, 3.63) is 46.7 Å². The molecule has 0 bridgehead atoms. The number of hydrogen-bond donors (Lipinski definition) is 3. The molecule has 0 aromatic carbocycles. The first kappa shape index (κ1) is 21.6. The molecule has 0 atom stereocenters. The van der Waals surface area contributed by atoms with E-state index in [1.54, 1.807) is 17.9 Å². The van der Waals surface area contributed by atoms with Gasteiger partial charge in [0, 0.05) is 28.6 Å². The lowest BCUT2D eigenvalue weighted by Gasteiger charge is -2.34. The molecule has 1 aliphatic carbocycles. The van der Waals surface area contributed by atoms with Crippen molar-refractivity contribution in [1.29, 1.82) is 0 Å². The van der Waals surface area contributed by atoms with Gasteiger partial charge in [0.25, 0.3) is 0 Å². The lowest BCUT2D eigenvalue weighted by atomic mass is 9.77. The molecule has 4 heterocycles. The molecule has 4 aromatic heterocycles. The largest absolute Gasteiger partial charge is 0.393 e. The van der Waals surface area contributed by atoms with E-state index in [2.05, 4.69) is 15.1 Å². The highest BCUT2D eigenvalue weighted by atomic mass is 32.1. The zero-order valence-electron chi connectivity index (χ0n) is 18.1. The number of rotatable bonds is 5. The van der Waals surface area contributed by atoms with Gasteiger partial charge in [0.05, 0.1) is 46.6 Å². The second-order valence-corrected chi connectivity index (χ2v) is 9.29. The summed E-state index contributed by atoms with van der Waals surface area (Å²) in [5.41, 5.74) is 11.8. The summed E-state index contributed by atoms with van der Waals surface area (Å²) in [5, 5.41) is 26.2. The van der Waals surface area contributed by atoms with Crippen molar-refractivity contribution >= 4 is 28.6 Å². The van der Waals surface area contributed by atoms with Gasteiger partial charge in [-0.2, -0.15) is 9.61 Å². The molecule has 5 rings (SSSR count). The molecule has 170 valence electrons. The van der Waals surface area contributed by atoms with E-state index in [4.69, 9.17) is 10.7 Å². The van der Waals surface area contributed by atoms with Crippen molar-refractivity contribution in [2.45, 2.75) is 44.1 Å². The van der Waals surface area contributed by atoms with Crippen LogP contribution in [0.3, 0.4) is 0 Å². The lowest BCUT2D eigenvalue weighted by molar-refractivity contribution is -0.0458. The number of hydrogen-bond acceptors (Lipinski definition) is 9. The van der Waals surface area contributed by atoms with Crippen LogP contribution in [0, 0.1) is 0 Å². The number of carbonyl (C=O) groups is 1. The summed E-state index contributed by atoms with van der Waals surface area (Å²) in [6, 6.07) is 3.84. The number of Topliss-reactive ketones (excluding diaryl/α,β-unsaturated/α-hetero) is 1. The van der Waals surface area contributed by atoms with Crippen molar-refractivity contribution in [2.75, 3.05) is 12.3 Å². The highest BCUT2D eigenvalue weighted by molar-refractivity contribution is 7.07. The molecule has 0 aliphatic heterocycles. The maximum absolute atomic E-state index is 12.5. The molecular formula is C23H24N6O3S. The summed E-state index contributed by atoms with van der Waals surface area (Å²) in [7, 11) is 0. The van der Waals surface area contributed by atoms with Gasteiger partial charge in [-0.1, -0.05) is 6.07 Å². The zero-order valence-corrected chi connectivity index (χ0v) is 18.9. The van der Waals surface area contributed by atoms with E-state index in [1.165, 1.54) is 22.8 Å². The van der Waals surface area contributed by atoms with Crippen LogP contribution in [0.15, 0.2) is 35.4 Å². The summed E-state index contributed by atoms with van der Waals surface area (Å²) in [6.45, 7) is 1.20. The Bertz CT molecular complexity index is 1310. The predicted molar refractivity (Wildman–Crippen MR) is 125 cm³/mol. The van der Waals surface area contributed by atoms with Crippen LogP contribution in [-0.4, -0.2) is 52.8 Å². The number of thiazole rings is 1. The van der Waals surface area contributed by atoms with Gasteiger partial charge in [0.15, 0.2) is 11.4 Å². The van der Waals surface area contributed by atoms with Crippen molar-refractivity contribution < 1.29 is 15.0 Å². The number of carbonyl (C=O) groups excluding carboxylic acids is 1. The average Bonchev–Trinajstić information content (AvgIpc) is 3.50. The molecule has 1 fully saturated rings. The third kappa shape index (κ3) is 3.79. The first-order chi connectivity index (χ1) is 15.9. The number of aromatic nitrogens is 5. The number of nitrogen functional groups attached to an aromatic ring is 1. The standard InChI is InChI=1S/C23H24N6O3S/c1-13(31)19-20(14-4-6-23(32,11-30)7-5-14)28-22-16(9-27-29(22)21(19)24)15-2-3-17(25-8-15)18-10-33-12-26-18/h2-3,8-10,12,14,30,32H,4-7,11,24H2,1H3. The maximum Gasteiger partial charge on any atom is 0.165 e. The summed E-state index contributed by atoms with van der Waals surface area (Å²) >= 11 is 1.51. The summed E-state index contributed by atoms with van der Waals surface area (Å²) in [5.74, 6) is 0.0333. The molecule has 0 spiro atoms. The first-order valence-electron chi connectivity index (χ1n) is 10.8. The van der Waals surface area contributed by atoms with E-state index in [9.17, 15) is 15.0 Å². The highest BCUT2D eigenvalue weighted by Crippen LogP contribution is 2.40. The van der Waals surface area contributed by atoms with E-state index in [-0.39, 0.29) is 24.1 Å². The van der Waals surface area contributed by atoms with Crippen LogP contribution in [0.1, 0.15) is 54.6 Å². The van der Waals surface area contributed by atoms with E-state index in [0.717, 1.165) is 22.5 Å². The van der Waals surface area contributed by atoms with Crippen LogP contribution in [0.2, 0.25) is 0 Å². The fourth-order valence-electron chi connectivity index (χ4n) is 4.52. The number of aliphatic hydroxyl groups is 2. The number of pyridine rings is 1. The van der Waals surface area contributed by atoms with Gasteiger partial charge < -0.3 is 15.9 Å². The van der Waals surface area contributed by atoms with Crippen molar-refractivity contribution in [2.24, 2.45) is 0 Å². The van der Waals surface area contributed by atoms with Crippen LogP contribution in [0.5, 0.6) is 0 Å². The summed E-state index contributed by atoms with van der Waals surface area (Å²) < 4.78 is 1.50. The third-order valence-electron chi connectivity index (χ3n) is 6.43. The van der Waals surface area contributed by atoms with Gasteiger partial charge in [0.2, 0.25) is 0 Å². The minimum atomic E-state index is -1.07. The van der Waals surface area contributed by atoms with Gasteiger partial charge in [-0.15, -0.1) is 11.3 Å². The number of nitrogens with two attached hydrogens (primary N) is 1. The molecule has 1 saturated carbocycles. The fraction of sp³-hybridized carbons (Fsp3) is 0.348. The molecule has 9 nitrogen and oxygen atoms in total. The zero-order chi connectivity index (χ0) is 23.2. The van der Waals surface area contributed by atoms with E-state index in [0.29, 0.717) is 42.6 Å². The molecular weight excluding hydrogens is 440 g/mol. The number of aliphatic hydroxyl groups excluding tert-OH is 1. The molecule has 33 heavy (non-hydrogen) atoms. The van der Waals surface area contributed by atoms with Gasteiger partial charge >= 0.3 is 0 Å². The fourth-order valence-corrected chi connectivity index (χ4v) is 5.07. The highest BCUT2D eigenvalue weighted by Gasteiger charge is 2.35. The Hall–Kier alpha value is -3.21. The quantitative estimate of drug-likeness (QED) is 0.383. The first-order valence-corrected chi connectivity index (χ1v) is 11.7. The second kappa shape index (κ2) is 8.29. The number of fused-ring (bicyclic) bond motifs is 1. The second-order valence-electron chi connectivity index (χ2n) is 8.57. The van der Waals surface area contributed by atoms with Gasteiger partial charge in [0.1, 0.15) is 5.82 Å². The van der Waals surface area contributed by atoms with Crippen molar-refractivity contribution in [3.63, 3.8) is 0 Å². The Morgan fingerprint density at radius 3 is 2.64 bits per heavy atom. The Kier molecular flexibility index (Phi) is 5.43. The Morgan fingerprint density at radius 2 is 2.03 bits per heavy atom. The Balaban J connectivity index is 1.58.